The normalized spacial score (nSPS) is 20.1. The highest BCUT2D eigenvalue weighted by atomic mass is 16.6. The van der Waals surface area contributed by atoms with Crippen LogP contribution in [-0.2, 0) is 28.6 Å². The molecule has 38 heavy (non-hydrogen) atoms. The summed E-state index contributed by atoms with van der Waals surface area (Å²) >= 11 is 0. The average molecular weight is 547 g/mol. The Morgan fingerprint density at radius 3 is 1.89 bits per heavy atom. The molecule has 0 aromatic heterocycles. The summed E-state index contributed by atoms with van der Waals surface area (Å²) in [6.07, 6.45) is 0.834. The molecule has 2 atom stereocenters. The maximum Gasteiger partial charge on any atom is 0.410 e. The molecule has 2 fully saturated rings. The molecule has 6 N–H and O–H groups in total. The number of aliphatic hydroxyl groups is 2. The van der Waals surface area contributed by atoms with Gasteiger partial charge in [0.15, 0.2) is 6.04 Å². The van der Waals surface area contributed by atoms with Crippen molar-refractivity contribution in [2.24, 2.45) is 5.73 Å². The summed E-state index contributed by atoms with van der Waals surface area (Å²) in [5.74, 6) is -1.55. The Morgan fingerprint density at radius 1 is 0.947 bits per heavy atom. The van der Waals surface area contributed by atoms with Crippen molar-refractivity contribution in [3.8, 4) is 0 Å². The molecule has 2 unspecified atom stereocenters. The van der Waals surface area contributed by atoms with Gasteiger partial charge in [-0.15, -0.1) is 0 Å². The Morgan fingerprint density at radius 2 is 1.45 bits per heavy atom. The molecule has 220 valence electrons. The number of carbonyl (C=O) groups excluding carboxylic acids is 4. The highest BCUT2D eigenvalue weighted by Crippen LogP contribution is 2.27. The Labute approximate surface area is 224 Å². The van der Waals surface area contributed by atoms with Crippen LogP contribution in [0.2, 0.25) is 0 Å². The van der Waals surface area contributed by atoms with Crippen molar-refractivity contribution in [3.63, 3.8) is 0 Å². The van der Waals surface area contributed by atoms with E-state index >= 15 is 0 Å². The van der Waals surface area contributed by atoms with Crippen LogP contribution in [0.5, 0.6) is 0 Å². The third-order valence-electron chi connectivity index (χ3n) is 6.28. The molecule has 0 bridgehead atoms. The molecule has 0 aromatic rings. The van der Waals surface area contributed by atoms with Crippen LogP contribution in [0.15, 0.2) is 0 Å². The van der Waals surface area contributed by atoms with Crippen LogP contribution in [0.25, 0.3) is 0 Å². The smallest absolute Gasteiger partial charge is 0.410 e. The molecule has 0 radical (unpaired) electrons. The number of nitrogens with one attached hydrogen (secondary N) is 2. The number of piperidine rings is 2. The largest absolute Gasteiger partial charge is 0.465 e. The molecule has 2 rings (SSSR count). The predicted molar refractivity (Wildman–Crippen MR) is 138 cm³/mol. The van der Waals surface area contributed by atoms with Gasteiger partial charge in [0.1, 0.15) is 11.6 Å². The van der Waals surface area contributed by atoms with E-state index in [-0.39, 0.29) is 32.0 Å². The SMILES string of the molecule is CCOC(=O)C(N)C1(O)CCN(C(=O)OC(C)(C)C)CC1.CCOC(=O)C(NC(C)=O)C1(O)CCNCC1. The fourth-order valence-corrected chi connectivity index (χ4v) is 4.16. The first-order valence-electron chi connectivity index (χ1n) is 13.1. The summed E-state index contributed by atoms with van der Waals surface area (Å²) in [4.78, 5) is 47.9. The second-order valence-corrected chi connectivity index (χ2v) is 10.5. The Hall–Kier alpha value is -2.48. The van der Waals surface area contributed by atoms with Crippen molar-refractivity contribution < 1.29 is 43.6 Å². The van der Waals surface area contributed by atoms with Crippen LogP contribution in [-0.4, -0.2) is 107 Å². The molecule has 2 aliphatic heterocycles. The summed E-state index contributed by atoms with van der Waals surface area (Å²) in [7, 11) is 0. The van der Waals surface area contributed by atoms with E-state index < -0.39 is 46.9 Å². The minimum absolute atomic E-state index is 0.215. The first-order valence-corrected chi connectivity index (χ1v) is 13.1. The topological polar surface area (TPSA) is 190 Å². The number of rotatable bonds is 7. The van der Waals surface area contributed by atoms with Gasteiger partial charge in [-0.1, -0.05) is 0 Å². The summed E-state index contributed by atoms with van der Waals surface area (Å²) in [5.41, 5.74) is 2.65. The van der Waals surface area contributed by atoms with E-state index in [0.717, 1.165) is 0 Å². The van der Waals surface area contributed by atoms with Crippen molar-refractivity contribution in [3.05, 3.63) is 0 Å². The molecule has 13 heteroatoms. The van der Waals surface area contributed by atoms with Crippen LogP contribution < -0.4 is 16.4 Å². The number of esters is 2. The maximum atomic E-state index is 11.9. The fraction of sp³-hybridized carbons (Fsp3) is 0.840. The number of ether oxygens (including phenoxy) is 3. The first-order chi connectivity index (χ1) is 17.6. The van der Waals surface area contributed by atoms with E-state index in [9.17, 15) is 29.4 Å². The first kappa shape index (κ1) is 33.5. The molecule has 2 saturated heterocycles. The van der Waals surface area contributed by atoms with Gasteiger partial charge < -0.3 is 45.7 Å². The Bertz CT molecular complexity index is 801. The molecule has 0 aromatic carbocycles. The standard InChI is InChI=1S/C14H26N2O5.C11H20N2O4/c1-5-20-11(17)10(15)14(19)6-8-16(9-7-14)12(18)21-13(2,3)4;1-3-17-10(15)9(13-8(2)14)11(16)4-6-12-7-5-11/h10,19H,5-9,15H2,1-4H3;9,12,16H,3-7H2,1-2H3,(H,13,14). The van der Waals surface area contributed by atoms with Gasteiger partial charge in [0.05, 0.1) is 24.4 Å². The van der Waals surface area contributed by atoms with Crippen molar-refractivity contribution >= 4 is 23.9 Å². The molecule has 13 nitrogen and oxygen atoms in total. The highest BCUT2D eigenvalue weighted by molar-refractivity contribution is 5.84. The van der Waals surface area contributed by atoms with E-state index in [2.05, 4.69) is 10.6 Å². The summed E-state index contributed by atoms with van der Waals surface area (Å²) in [5, 5.41) is 26.5. The lowest BCUT2D eigenvalue weighted by Gasteiger charge is -2.40. The minimum Gasteiger partial charge on any atom is -0.465 e. The number of hydrogen-bond donors (Lipinski definition) is 5. The van der Waals surface area contributed by atoms with Crippen LogP contribution in [0, 0.1) is 0 Å². The number of nitrogens with two attached hydrogens (primary N) is 1. The number of amides is 2. The van der Waals surface area contributed by atoms with E-state index in [4.69, 9.17) is 19.9 Å². The second kappa shape index (κ2) is 14.6. The maximum absolute atomic E-state index is 11.9. The lowest BCUT2D eigenvalue weighted by Crippen LogP contribution is -2.60. The van der Waals surface area contributed by atoms with E-state index in [1.807, 2.05) is 0 Å². The van der Waals surface area contributed by atoms with E-state index in [0.29, 0.717) is 39.0 Å². The molecule has 2 aliphatic rings. The second-order valence-electron chi connectivity index (χ2n) is 10.5. The van der Waals surface area contributed by atoms with Crippen molar-refractivity contribution in [2.45, 2.75) is 96.1 Å². The zero-order chi connectivity index (χ0) is 29.1. The van der Waals surface area contributed by atoms with Gasteiger partial charge in [0.2, 0.25) is 5.91 Å². The third kappa shape index (κ3) is 10.4. The van der Waals surface area contributed by atoms with Gasteiger partial charge in [-0.2, -0.15) is 0 Å². The highest BCUT2D eigenvalue weighted by Gasteiger charge is 2.44. The summed E-state index contributed by atoms with van der Waals surface area (Å²) in [6.45, 7) is 12.3. The van der Waals surface area contributed by atoms with E-state index in [1.54, 1.807) is 34.6 Å². The van der Waals surface area contributed by atoms with Crippen LogP contribution in [0.1, 0.15) is 67.2 Å². The summed E-state index contributed by atoms with van der Waals surface area (Å²) < 4.78 is 15.0. The van der Waals surface area contributed by atoms with Crippen molar-refractivity contribution in [1.29, 1.82) is 0 Å². The number of nitrogens with zero attached hydrogens (tertiary/aromatic N) is 1. The van der Waals surface area contributed by atoms with Crippen LogP contribution in [0.3, 0.4) is 0 Å². The average Bonchev–Trinajstić information content (AvgIpc) is 2.82. The Balaban J connectivity index is 0.000000389. The van der Waals surface area contributed by atoms with Crippen LogP contribution >= 0.6 is 0 Å². The fourth-order valence-electron chi connectivity index (χ4n) is 4.16. The number of carbonyl (C=O) groups is 4. The molecule has 0 aliphatic carbocycles. The quantitative estimate of drug-likeness (QED) is 0.210. The predicted octanol–water partition coefficient (Wildman–Crippen LogP) is -0.192. The zero-order valence-corrected chi connectivity index (χ0v) is 23.5. The van der Waals surface area contributed by atoms with Gasteiger partial charge in [0.25, 0.3) is 0 Å². The third-order valence-corrected chi connectivity index (χ3v) is 6.28. The molecule has 2 amide bonds. The summed E-state index contributed by atoms with van der Waals surface area (Å²) in [6, 6.07) is -2.08. The zero-order valence-electron chi connectivity index (χ0n) is 23.5. The number of hydrogen-bond acceptors (Lipinski definition) is 11. The van der Waals surface area contributed by atoms with Gasteiger partial charge in [-0.25, -0.2) is 9.59 Å². The molecular weight excluding hydrogens is 500 g/mol. The van der Waals surface area contributed by atoms with Gasteiger partial charge in [-0.05, 0) is 73.4 Å². The Kier molecular flexibility index (Phi) is 12.9. The number of likely N-dealkylation sites (tertiary alicyclic amines) is 1. The van der Waals surface area contributed by atoms with E-state index in [1.165, 1.54) is 11.8 Å². The molecular formula is C25H46N4O9. The molecule has 2 heterocycles. The monoisotopic (exact) mass is 546 g/mol. The van der Waals surface area contributed by atoms with Crippen molar-refractivity contribution in [2.75, 3.05) is 39.4 Å². The molecule has 0 saturated carbocycles. The van der Waals surface area contributed by atoms with Gasteiger partial charge in [-0.3, -0.25) is 9.59 Å². The van der Waals surface area contributed by atoms with Crippen LogP contribution in [0.4, 0.5) is 4.79 Å². The van der Waals surface area contributed by atoms with Crippen molar-refractivity contribution in [1.82, 2.24) is 15.5 Å². The van der Waals surface area contributed by atoms with Gasteiger partial charge in [0, 0.05) is 20.0 Å². The lowest BCUT2D eigenvalue weighted by molar-refractivity contribution is -0.157. The van der Waals surface area contributed by atoms with Gasteiger partial charge >= 0.3 is 18.0 Å². The molecule has 0 spiro atoms. The minimum atomic E-state index is -1.34. The lowest BCUT2D eigenvalue weighted by atomic mass is 9.84.